The summed E-state index contributed by atoms with van der Waals surface area (Å²) in [5.74, 6) is 1.07. The lowest BCUT2D eigenvalue weighted by molar-refractivity contribution is 0.172. The molecule has 1 aliphatic rings. The first-order chi connectivity index (χ1) is 11.0. The Morgan fingerprint density at radius 2 is 2.22 bits per heavy atom. The summed E-state index contributed by atoms with van der Waals surface area (Å²) in [6.07, 6.45) is 7.57. The molecule has 5 nitrogen and oxygen atoms in total. The van der Waals surface area contributed by atoms with Crippen molar-refractivity contribution in [2.24, 2.45) is 0 Å². The summed E-state index contributed by atoms with van der Waals surface area (Å²) in [4.78, 5) is 14.9. The lowest BCUT2D eigenvalue weighted by Crippen LogP contribution is -2.45. The predicted octanol–water partition coefficient (Wildman–Crippen LogP) is 3.79. The second-order valence-electron chi connectivity index (χ2n) is 6.54. The summed E-state index contributed by atoms with van der Waals surface area (Å²) in [7, 11) is 0. The number of amides is 2. The molecule has 0 aliphatic carbocycles. The van der Waals surface area contributed by atoms with Crippen LogP contribution in [0.2, 0.25) is 0 Å². The van der Waals surface area contributed by atoms with E-state index in [-0.39, 0.29) is 18.1 Å². The van der Waals surface area contributed by atoms with Crippen molar-refractivity contribution in [3.05, 3.63) is 17.0 Å². The van der Waals surface area contributed by atoms with Gasteiger partial charge >= 0.3 is 6.03 Å². The molecule has 0 aromatic carbocycles. The first kappa shape index (κ1) is 18.2. The van der Waals surface area contributed by atoms with Crippen LogP contribution >= 0.6 is 11.8 Å². The fourth-order valence-corrected chi connectivity index (χ4v) is 3.95. The normalized spacial score (nSPS) is 20.2. The van der Waals surface area contributed by atoms with Crippen molar-refractivity contribution in [1.29, 1.82) is 0 Å². The first-order valence-electron chi connectivity index (χ1n) is 8.62. The number of H-pyrrole nitrogens is 1. The Hall–Kier alpha value is -1.17. The van der Waals surface area contributed by atoms with E-state index >= 15 is 0 Å². The van der Waals surface area contributed by atoms with Crippen LogP contribution in [0.3, 0.4) is 0 Å². The van der Waals surface area contributed by atoms with E-state index in [2.05, 4.69) is 35.6 Å². The molecule has 130 valence electrons. The Morgan fingerprint density at radius 3 is 2.87 bits per heavy atom. The number of nitrogens with one attached hydrogen (secondary N) is 2. The third-order valence-corrected chi connectivity index (χ3v) is 5.30. The van der Waals surface area contributed by atoms with Gasteiger partial charge in [0, 0.05) is 23.8 Å². The SMILES string of the molecule is CSCC[C@H](C)NC(=O)N1CCCCC[C@H]1c1c(C)n[nH]c1C. The van der Waals surface area contributed by atoms with Gasteiger partial charge in [-0.15, -0.1) is 0 Å². The Kier molecular flexibility index (Phi) is 6.81. The van der Waals surface area contributed by atoms with Crippen molar-refractivity contribution >= 4 is 17.8 Å². The molecule has 1 aromatic rings. The number of thioether (sulfide) groups is 1. The van der Waals surface area contributed by atoms with E-state index in [1.807, 2.05) is 23.6 Å². The smallest absolute Gasteiger partial charge is 0.318 e. The molecule has 1 fully saturated rings. The molecule has 0 bridgehead atoms. The highest BCUT2D eigenvalue weighted by Crippen LogP contribution is 2.33. The number of hydrogen-bond donors (Lipinski definition) is 2. The Labute approximate surface area is 144 Å². The number of carbonyl (C=O) groups excluding carboxylic acids is 1. The van der Waals surface area contributed by atoms with E-state index in [9.17, 15) is 4.79 Å². The van der Waals surface area contributed by atoms with Crippen LogP contribution < -0.4 is 5.32 Å². The van der Waals surface area contributed by atoms with E-state index in [0.29, 0.717) is 0 Å². The van der Waals surface area contributed by atoms with Gasteiger partial charge in [0.1, 0.15) is 0 Å². The van der Waals surface area contributed by atoms with Gasteiger partial charge in [0.15, 0.2) is 0 Å². The standard InChI is InChI=1S/C17H30N4OS/c1-12(9-11-23-4)18-17(22)21-10-7-5-6-8-15(21)16-13(2)19-20-14(16)3/h12,15H,5-11H2,1-4H3,(H,18,22)(H,19,20)/t12-,15-/m0/s1. The highest BCUT2D eigenvalue weighted by Gasteiger charge is 2.30. The Bertz CT molecular complexity index is 497. The van der Waals surface area contributed by atoms with Crippen LogP contribution in [-0.4, -0.2) is 45.7 Å². The molecule has 1 aliphatic heterocycles. The van der Waals surface area contributed by atoms with E-state index < -0.39 is 0 Å². The number of likely N-dealkylation sites (tertiary alicyclic amines) is 1. The molecule has 2 heterocycles. The van der Waals surface area contributed by atoms with Gasteiger partial charge in [-0.1, -0.05) is 12.8 Å². The number of nitrogens with zero attached hydrogens (tertiary/aromatic N) is 2. The number of urea groups is 1. The minimum atomic E-state index is 0.0745. The highest BCUT2D eigenvalue weighted by molar-refractivity contribution is 7.98. The molecule has 6 heteroatoms. The van der Waals surface area contributed by atoms with E-state index in [4.69, 9.17) is 0 Å². The highest BCUT2D eigenvalue weighted by atomic mass is 32.2. The van der Waals surface area contributed by atoms with Crippen LogP contribution in [0.5, 0.6) is 0 Å². The summed E-state index contributed by atoms with van der Waals surface area (Å²) in [6, 6.07) is 0.430. The van der Waals surface area contributed by atoms with Gasteiger partial charge in [0.2, 0.25) is 0 Å². The minimum absolute atomic E-state index is 0.0745. The summed E-state index contributed by atoms with van der Waals surface area (Å²) in [5.41, 5.74) is 3.31. The van der Waals surface area contributed by atoms with E-state index in [1.54, 1.807) is 0 Å². The molecule has 0 saturated carbocycles. The zero-order valence-electron chi connectivity index (χ0n) is 14.8. The average molecular weight is 339 g/mol. The molecule has 1 saturated heterocycles. The van der Waals surface area contributed by atoms with Crippen molar-refractivity contribution in [3.8, 4) is 0 Å². The summed E-state index contributed by atoms with van der Waals surface area (Å²) in [6.45, 7) is 7.00. The number of aromatic amines is 1. The number of carbonyl (C=O) groups is 1. The molecule has 1 aromatic heterocycles. The molecule has 0 spiro atoms. The number of aryl methyl sites for hydroxylation is 2. The number of rotatable bonds is 5. The van der Waals surface area contributed by atoms with Crippen LogP contribution in [0.25, 0.3) is 0 Å². The van der Waals surface area contributed by atoms with Gasteiger partial charge in [-0.2, -0.15) is 16.9 Å². The third-order valence-electron chi connectivity index (χ3n) is 4.66. The maximum absolute atomic E-state index is 12.8. The van der Waals surface area contributed by atoms with Crippen LogP contribution in [0.1, 0.15) is 62.0 Å². The second-order valence-corrected chi connectivity index (χ2v) is 7.52. The molecule has 2 atom stereocenters. The Morgan fingerprint density at radius 1 is 1.43 bits per heavy atom. The van der Waals surface area contributed by atoms with Gasteiger partial charge in [-0.3, -0.25) is 5.10 Å². The van der Waals surface area contributed by atoms with Crippen molar-refractivity contribution in [3.63, 3.8) is 0 Å². The monoisotopic (exact) mass is 338 g/mol. The topological polar surface area (TPSA) is 61.0 Å². The first-order valence-corrected chi connectivity index (χ1v) is 10.0. The molecular weight excluding hydrogens is 308 g/mol. The van der Waals surface area contributed by atoms with Crippen molar-refractivity contribution in [2.75, 3.05) is 18.6 Å². The maximum atomic E-state index is 12.8. The molecule has 23 heavy (non-hydrogen) atoms. The van der Waals surface area contributed by atoms with Gasteiger partial charge in [0.05, 0.1) is 11.7 Å². The molecule has 2 amide bonds. The van der Waals surface area contributed by atoms with Crippen molar-refractivity contribution < 1.29 is 4.79 Å². The van der Waals surface area contributed by atoms with E-state index in [0.717, 1.165) is 42.9 Å². The average Bonchev–Trinajstić information content (AvgIpc) is 2.73. The molecule has 2 N–H and O–H groups in total. The lowest BCUT2D eigenvalue weighted by Gasteiger charge is -2.32. The third kappa shape index (κ3) is 4.66. The van der Waals surface area contributed by atoms with E-state index in [1.165, 1.54) is 18.4 Å². The zero-order chi connectivity index (χ0) is 16.8. The van der Waals surface area contributed by atoms with Crippen LogP contribution in [-0.2, 0) is 0 Å². The van der Waals surface area contributed by atoms with Crippen LogP contribution in [0.4, 0.5) is 4.79 Å². The quantitative estimate of drug-likeness (QED) is 0.858. The summed E-state index contributed by atoms with van der Waals surface area (Å²) >= 11 is 1.82. The molecule has 2 rings (SSSR count). The zero-order valence-corrected chi connectivity index (χ0v) is 15.6. The van der Waals surface area contributed by atoms with Crippen molar-refractivity contribution in [2.45, 2.75) is 65.0 Å². The molecule has 0 unspecified atom stereocenters. The maximum Gasteiger partial charge on any atom is 0.318 e. The predicted molar refractivity (Wildman–Crippen MR) is 97.0 cm³/mol. The Balaban J connectivity index is 2.13. The largest absolute Gasteiger partial charge is 0.335 e. The number of hydrogen-bond acceptors (Lipinski definition) is 3. The van der Waals surface area contributed by atoms with Crippen LogP contribution in [0.15, 0.2) is 0 Å². The van der Waals surface area contributed by atoms with Crippen molar-refractivity contribution in [1.82, 2.24) is 20.4 Å². The van der Waals surface area contributed by atoms with Crippen LogP contribution in [0, 0.1) is 13.8 Å². The second kappa shape index (κ2) is 8.62. The van der Waals surface area contributed by atoms with Gasteiger partial charge < -0.3 is 10.2 Å². The van der Waals surface area contributed by atoms with Gasteiger partial charge in [0.25, 0.3) is 0 Å². The number of aromatic nitrogens is 2. The summed E-state index contributed by atoms with van der Waals surface area (Å²) in [5, 5.41) is 10.6. The van der Waals surface area contributed by atoms with Gasteiger partial charge in [-0.05, 0) is 52.0 Å². The minimum Gasteiger partial charge on any atom is -0.335 e. The lowest BCUT2D eigenvalue weighted by atomic mass is 9.99. The van der Waals surface area contributed by atoms with Gasteiger partial charge in [-0.25, -0.2) is 4.79 Å². The fraction of sp³-hybridized carbons (Fsp3) is 0.765. The molecular formula is C17H30N4OS. The fourth-order valence-electron chi connectivity index (χ4n) is 3.36. The summed E-state index contributed by atoms with van der Waals surface area (Å²) < 4.78 is 0. The molecule has 0 radical (unpaired) electrons.